The van der Waals surface area contributed by atoms with Gasteiger partial charge in [0.1, 0.15) is 0 Å². The lowest BCUT2D eigenvalue weighted by atomic mass is 9.99. The van der Waals surface area contributed by atoms with Crippen LogP contribution in [-0.2, 0) is 0 Å². The Morgan fingerprint density at radius 3 is 1.69 bits per heavy atom. The van der Waals surface area contributed by atoms with Gasteiger partial charge in [0.25, 0.3) is 0 Å². The highest BCUT2D eigenvalue weighted by atomic mass is 19.1. The Kier molecular flexibility index (Phi) is 10.4. The molecule has 0 aliphatic heterocycles. The van der Waals surface area contributed by atoms with Gasteiger partial charge in [0.05, 0.1) is 0 Å². The summed E-state index contributed by atoms with van der Waals surface area (Å²) < 4.78 is 13.7. The highest BCUT2D eigenvalue weighted by Gasteiger charge is 2.10. The molecule has 0 aromatic rings. The summed E-state index contributed by atoms with van der Waals surface area (Å²) in [5, 5.41) is 0. The number of rotatable bonds is 4. The van der Waals surface area contributed by atoms with Crippen LogP contribution in [-0.4, -0.2) is 19.0 Å². The molecule has 0 aromatic heterocycles. The molecule has 0 fully saturated rings. The van der Waals surface area contributed by atoms with E-state index in [4.69, 9.17) is 0 Å². The quantitative estimate of drug-likeness (QED) is 0.489. The molecule has 0 rings (SSSR count). The number of hydrogen-bond acceptors (Lipinski definition) is 1. The second-order valence-corrected chi connectivity index (χ2v) is 3.78. The minimum Gasteiger partial charge on any atom is -0.354 e. The van der Waals surface area contributed by atoms with Crippen LogP contribution >= 0.6 is 0 Å². The zero-order valence-corrected chi connectivity index (χ0v) is 12.2. The molecule has 0 amide bonds. The molecule has 0 radical (unpaired) electrons. The molecular weight excluding hydrogens is 201 g/mol. The molecule has 96 valence electrons. The first kappa shape index (κ1) is 17.6. The van der Waals surface area contributed by atoms with Crippen molar-refractivity contribution in [3.05, 3.63) is 22.7 Å². The molecular formula is C14H28FN. The van der Waals surface area contributed by atoms with Crippen molar-refractivity contribution in [2.24, 2.45) is 0 Å². The molecule has 0 heterocycles. The largest absolute Gasteiger partial charge is 0.354 e. The topological polar surface area (TPSA) is 3.24 Å². The molecule has 0 saturated heterocycles. The van der Waals surface area contributed by atoms with Gasteiger partial charge in [-0.1, -0.05) is 33.3 Å². The standard InChI is InChI=1S/C12H22FN.C2H6/c1-7-9(3)10(4)11(8-2)12(13)14(5)6;1-2/h7-8H2,1-6H3;1-2H3/b10-9+,12-11-;. The normalized spacial score (nSPS) is 13.3. The summed E-state index contributed by atoms with van der Waals surface area (Å²) in [6.45, 7) is 12.2. The van der Waals surface area contributed by atoms with E-state index in [0.29, 0.717) is 0 Å². The molecule has 0 bridgehead atoms. The zero-order valence-electron chi connectivity index (χ0n) is 12.2. The number of hydrogen-bond donors (Lipinski definition) is 0. The maximum atomic E-state index is 13.7. The van der Waals surface area contributed by atoms with Crippen LogP contribution in [0.3, 0.4) is 0 Å². The first-order valence-corrected chi connectivity index (χ1v) is 6.18. The van der Waals surface area contributed by atoms with Crippen molar-refractivity contribution in [3.63, 3.8) is 0 Å². The van der Waals surface area contributed by atoms with Crippen LogP contribution in [0.1, 0.15) is 54.4 Å². The van der Waals surface area contributed by atoms with E-state index >= 15 is 0 Å². The summed E-state index contributed by atoms with van der Waals surface area (Å²) in [5.74, 6) is -0.113. The Hall–Kier alpha value is -0.790. The van der Waals surface area contributed by atoms with E-state index in [9.17, 15) is 4.39 Å². The Labute approximate surface area is 101 Å². The van der Waals surface area contributed by atoms with Crippen LogP contribution in [0.15, 0.2) is 22.7 Å². The van der Waals surface area contributed by atoms with E-state index in [1.54, 1.807) is 14.1 Å². The number of allylic oxidation sites excluding steroid dienone is 3. The molecule has 0 aromatic carbocycles. The van der Waals surface area contributed by atoms with E-state index in [0.717, 1.165) is 24.0 Å². The fraction of sp³-hybridized carbons (Fsp3) is 0.714. The lowest BCUT2D eigenvalue weighted by Gasteiger charge is -2.16. The molecule has 0 aliphatic rings. The number of nitrogens with zero attached hydrogens (tertiary/aromatic N) is 1. The Bertz CT molecular complexity index is 249. The molecule has 0 atom stereocenters. The van der Waals surface area contributed by atoms with Gasteiger partial charge in [0.15, 0.2) is 5.95 Å². The van der Waals surface area contributed by atoms with Gasteiger partial charge in [-0.2, -0.15) is 4.39 Å². The highest BCUT2D eigenvalue weighted by molar-refractivity contribution is 5.34. The summed E-state index contributed by atoms with van der Waals surface area (Å²) in [6.07, 6.45) is 1.73. The zero-order chi connectivity index (χ0) is 13.3. The Balaban J connectivity index is 0. The first-order chi connectivity index (χ1) is 7.45. The van der Waals surface area contributed by atoms with E-state index in [1.807, 2.05) is 27.7 Å². The van der Waals surface area contributed by atoms with Gasteiger partial charge in [0.2, 0.25) is 0 Å². The average Bonchev–Trinajstić information content (AvgIpc) is 2.30. The average molecular weight is 229 g/mol. The van der Waals surface area contributed by atoms with Crippen molar-refractivity contribution < 1.29 is 4.39 Å². The van der Waals surface area contributed by atoms with Gasteiger partial charge in [-0.15, -0.1) is 0 Å². The summed E-state index contributed by atoms with van der Waals surface area (Å²) in [7, 11) is 3.47. The van der Waals surface area contributed by atoms with Crippen LogP contribution in [0, 0.1) is 0 Å². The van der Waals surface area contributed by atoms with Crippen molar-refractivity contribution >= 4 is 0 Å². The minimum atomic E-state index is -0.113. The van der Waals surface area contributed by atoms with Gasteiger partial charge < -0.3 is 4.90 Å². The third kappa shape index (κ3) is 5.34. The monoisotopic (exact) mass is 229 g/mol. The van der Waals surface area contributed by atoms with Crippen LogP contribution < -0.4 is 0 Å². The summed E-state index contributed by atoms with van der Waals surface area (Å²) in [4.78, 5) is 1.53. The predicted molar refractivity (Wildman–Crippen MR) is 72.1 cm³/mol. The van der Waals surface area contributed by atoms with Gasteiger partial charge in [-0.05, 0) is 32.3 Å². The number of halogens is 1. The summed E-state index contributed by atoms with van der Waals surface area (Å²) in [6, 6.07) is 0. The van der Waals surface area contributed by atoms with E-state index in [2.05, 4.69) is 13.8 Å². The van der Waals surface area contributed by atoms with Crippen molar-refractivity contribution in [1.82, 2.24) is 4.90 Å². The van der Waals surface area contributed by atoms with Gasteiger partial charge >= 0.3 is 0 Å². The van der Waals surface area contributed by atoms with Crippen LogP contribution in [0.2, 0.25) is 0 Å². The molecule has 0 unspecified atom stereocenters. The maximum absolute atomic E-state index is 13.7. The molecule has 0 aliphatic carbocycles. The van der Waals surface area contributed by atoms with Crippen LogP contribution in [0.25, 0.3) is 0 Å². The second-order valence-electron chi connectivity index (χ2n) is 3.78. The van der Waals surface area contributed by atoms with Gasteiger partial charge in [0, 0.05) is 19.7 Å². The molecule has 1 nitrogen and oxygen atoms in total. The van der Waals surface area contributed by atoms with Crippen molar-refractivity contribution in [3.8, 4) is 0 Å². The Morgan fingerprint density at radius 2 is 1.44 bits per heavy atom. The molecule has 2 heteroatoms. The maximum Gasteiger partial charge on any atom is 0.192 e. The minimum absolute atomic E-state index is 0.113. The van der Waals surface area contributed by atoms with Crippen LogP contribution in [0.5, 0.6) is 0 Å². The van der Waals surface area contributed by atoms with Gasteiger partial charge in [-0.25, -0.2) is 0 Å². The lowest BCUT2D eigenvalue weighted by Crippen LogP contribution is -2.10. The Morgan fingerprint density at radius 1 is 1.00 bits per heavy atom. The SMILES string of the molecule is CC.CC/C(C)=C(C)/C(CC)=C(/F)N(C)C. The van der Waals surface area contributed by atoms with Crippen molar-refractivity contribution in [2.45, 2.75) is 54.4 Å². The fourth-order valence-electron chi connectivity index (χ4n) is 1.36. The predicted octanol–water partition coefficient (Wildman–Crippen LogP) is 4.91. The highest BCUT2D eigenvalue weighted by Crippen LogP contribution is 2.24. The smallest absolute Gasteiger partial charge is 0.192 e. The van der Waals surface area contributed by atoms with Gasteiger partial charge in [-0.3, -0.25) is 0 Å². The third-order valence-corrected chi connectivity index (χ3v) is 2.62. The lowest BCUT2D eigenvalue weighted by molar-refractivity contribution is 0.365. The van der Waals surface area contributed by atoms with Crippen molar-refractivity contribution in [2.75, 3.05) is 14.1 Å². The third-order valence-electron chi connectivity index (χ3n) is 2.62. The van der Waals surface area contributed by atoms with E-state index in [1.165, 1.54) is 10.5 Å². The first-order valence-electron chi connectivity index (χ1n) is 6.18. The van der Waals surface area contributed by atoms with Crippen LogP contribution in [0.4, 0.5) is 4.39 Å². The molecule has 16 heavy (non-hydrogen) atoms. The molecule has 0 spiro atoms. The van der Waals surface area contributed by atoms with E-state index in [-0.39, 0.29) is 5.95 Å². The van der Waals surface area contributed by atoms with E-state index < -0.39 is 0 Å². The molecule has 0 N–H and O–H groups in total. The van der Waals surface area contributed by atoms with Crippen molar-refractivity contribution in [1.29, 1.82) is 0 Å². The summed E-state index contributed by atoms with van der Waals surface area (Å²) >= 11 is 0. The fourth-order valence-corrected chi connectivity index (χ4v) is 1.36. The second kappa shape index (κ2) is 9.44. The molecule has 0 saturated carbocycles. The summed E-state index contributed by atoms with van der Waals surface area (Å²) in [5.41, 5.74) is 3.19.